The average Bonchev–Trinajstić information content (AvgIpc) is 2.99. The maximum absolute atomic E-state index is 6.29. The Morgan fingerprint density at radius 2 is 1.39 bits per heavy atom. The van der Waals surface area contributed by atoms with Gasteiger partial charge in [-0.05, 0) is 46.0 Å². The Bertz CT molecular complexity index is 1230. The Morgan fingerprint density at radius 1 is 0.750 bits per heavy atom. The van der Waals surface area contributed by atoms with Crippen molar-refractivity contribution in [2.45, 2.75) is 19.3 Å². The van der Waals surface area contributed by atoms with Gasteiger partial charge in [-0.15, -0.1) is 0 Å². The van der Waals surface area contributed by atoms with Crippen LogP contribution in [0.15, 0.2) is 72.8 Å². The van der Waals surface area contributed by atoms with Crippen molar-refractivity contribution in [3.8, 4) is 11.3 Å². The number of fused-ring (bicyclic) bond motifs is 3. The summed E-state index contributed by atoms with van der Waals surface area (Å²) in [6, 6.07) is 25.0. The molecule has 1 aliphatic rings. The summed E-state index contributed by atoms with van der Waals surface area (Å²) in [7, 11) is 0. The number of hydrogen-bond acceptors (Lipinski definition) is 2. The molecule has 0 radical (unpaired) electrons. The average molecular weight is 383 g/mol. The van der Waals surface area contributed by atoms with Crippen LogP contribution in [0.3, 0.4) is 0 Å². The zero-order valence-electron chi connectivity index (χ0n) is 15.8. The van der Waals surface area contributed by atoms with Crippen molar-refractivity contribution in [2.24, 2.45) is 0 Å². The molecule has 1 aromatic heterocycles. The lowest BCUT2D eigenvalue weighted by molar-refractivity contribution is 0.710. The normalized spacial score (nSPS) is 14.8. The van der Waals surface area contributed by atoms with Crippen molar-refractivity contribution >= 4 is 34.2 Å². The maximum atomic E-state index is 6.29. The zero-order valence-corrected chi connectivity index (χ0v) is 16.5. The summed E-state index contributed by atoms with van der Waals surface area (Å²) in [4.78, 5) is 9.18. The number of halogens is 1. The monoisotopic (exact) mass is 382 g/mol. The van der Waals surface area contributed by atoms with E-state index in [0.717, 1.165) is 22.2 Å². The van der Waals surface area contributed by atoms with Crippen LogP contribution in [-0.2, 0) is 5.41 Å². The molecule has 28 heavy (non-hydrogen) atoms. The molecule has 0 fully saturated rings. The van der Waals surface area contributed by atoms with Crippen LogP contribution in [0.2, 0.25) is 5.28 Å². The highest BCUT2D eigenvalue weighted by Crippen LogP contribution is 2.50. The molecule has 0 saturated heterocycles. The third kappa shape index (κ3) is 2.56. The summed E-state index contributed by atoms with van der Waals surface area (Å²) in [5.41, 5.74) is 7.69. The molecule has 0 atom stereocenters. The molecule has 136 valence electrons. The second-order valence-electron chi connectivity index (χ2n) is 7.68. The molecular weight excluding hydrogens is 364 g/mol. The zero-order chi connectivity index (χ0) is 19.3. The van der Waals surface area contributed by atoms with E-state index in [-0.39, 0.29) is 10.7 Å². The van der Waals surface area contributed by atoms with Crippen molar-refractivity contribution < 1.29 is 0 Å². The van der Waals surface area contributed by atoms with Crippen LogP contribution in [0, 0.1) is 0 Å². The van der Waals surface area contributed by atoms with Crippen LogP contribution in [0.4, 0.5) is 0 Å². The van der Waals surface area contributed by atoms with Gasteiger partial charge in [-0.25, -0.2) is 9.97 Å². The van der Waals surface area contributed by atoms with Gasteiger partial charge in [0.05, 0.1) is 11.2 Å². The largest absolute Gasteiger partial charge is 0.223 e. The van der Waals surface area contributed by atoms with Crippen molar-refractivity contribution in [2.75, 3.05) is 0 Å². The lowest BCUT2D eigenvalue weighted by Crippen LogP contribution is -2.17. The number of benzene rings is 3. The standard InChI is InChI=1S/C25H19ClN2/c1-25(2)19(16-9-5-3-6-10-16)15-18-13-14-20-21(22(18)25)23(28-24(26)27-20)17-11-7-4-8-12-17/h3-15H,1-2H3. The first-order chi connectivity index (χ1) is 13.6. The first kappa shape index (κ1) is 17.2. The van der Waals surface area contributed by atoms with E-state index in [0.29, 0.717) is 0 Å². The molecule has 3 aromatic carbocycles. The summed E-state index contributed by atoms with van der Waals surface area (Å²) in [6.45, 7) is 4.56. The van der Waals surface area contributed by atoms with E-state index >= 15 is 0 Å². The van der Waals surface area contributed by atoms with Crippen molar-refractivity contribution in [3.63, 3.8) is 0 Å². The molecule has 1 aliphatic carbocycles. The van der Waals surface area contributed by atoms with E-state index in [1.807, 2.05) is 18.2 Å². The van der Waals surface area contributed by atoms with E-state index in [9.17, 15) is 0 Å². The van der Waals surface area contributed by atoms with E-state index in [1.165, 1.54) is 22.3 Å². The van der Waals surface area contributed by atoms with E-state index in [4.69, 9.17) is 11.6 Å². The van der Waals surface area contributed by atoms with Gasteiger partial charge in [-0.3, -0.25) is 0 Å². The van der Waals surface area contributed by atoms with Gasteiger partial charge in [0, 0.05) is 16.4 Å². The quantitative estimate of drug-likeness (QED) is 0.357. The van der Waals surface area contributed by atoms with E-state index in [2.05, 4.69) is 84.5 Å². The highest BCUT2D eigenvalue weighted by molar-refractivity contribution is 6.29. The van der Waals surface area contributed by atoms with Crippen molar-refractivity contribution in [3.05, 3.63) is 94.8 Å². The van der Waals surface area contributed by atoms with E-state index in [1.54, 1.807) is 0 Å². The fourth-order valence-corrected chi connectivity index (χ4v) is 4.52. The van der Waals surface area contributed by atoms with Crippen LogP contribution in [0.25, 0.3) is 33.8 Å². The minimum absolute atomic E-state index is 0.170. The van der Waals surface area contributed by atoms with Gasteiger partial charge >= 0.3 is 0 Å². The van der Waals surface area contributed by atoms with Crippen LogP contribution in [-0.4, -0.2) is 9.97 Å². The molecule has 4 aromatic rings. The Labute approximate surface area is 169 Å². The molecule has 0 aliphatic heterocycles. The number of aromatic nitrogens is 2. The number of rotatable bonds is 2. The SMILES string of the molecule is CC1(C)C(c2ccccc2)=Cc2ccc3nc(Cl)nc(-c4ccccc4)c3c21. The number of hydrogen-bond donors (Lipinski definition) is 0. The summed E-state index contributed by atoms with van der Waals surface area (Å²) >= 11 is 6.29. The van der Waals surface area contributed by atoms with Gasteiger partial charge in [-0.1, -0.05) is 80.6 Å². The van der Waals surface area contributed by atoms with Gasteiger partial charge in [0.1, 0.15) is 0 Å². The minimum atomic E-state index is -0.170. The molecule has 5 rings (SSSR count). The third-order valence-corrected chi connectivity index (χ3v) is 5.77. The highest BCUT2D eigenvalue weighted by Gasteiger charge is 2.36. The highest BCUT2D eigenvalue weighted by atomic mass is 35.5. The Balaban J connectivity index is 1.83. The second-order valence-corrected chi connectivity index (χ2v) is 8.02. The molecule has 1 heterocycles. The topological polar surface area (TPSA) is 25.8 Å². The number of nitrogens with zero attached hydrogens (tertiary/aromatic N) is 2. The molecule has 0 saturated carbocycles. The maximum Gasteiger partial charge on any atom is 0.223 e. The van der Waals surface area contributed by atoms with Gasteiger partial charge < -0.3 is 0 Å². The van der Waals surface area contributed by atoms with Crippen LogP contribution in [0.1, 0.15) is 30.5 Å². The van der Waals surface area contributed by atoms with Crippen LogP contribution < -0.4 is 0 Å². The lowest BCUT2D eigenvalue weighted by atomic mass is 9.76. The lowest BCUT2D eigenvalue weighted by Gasteiger charge is -2.27. The molecule has 0 spiro atoms. The van der Waals surface area contributed by atoms with Crippen LogP contribution in [0.5, 0.6) is 0 Å². The van der Waals surface area contributed by atoms with Crippen molar-refractivity contribution in [1.29, 1.82) is 0 Å². The third-order valence-electron chi connectivity index (χ3n) is 5.60. The molecular formula is C25H19ClN2. The van der Waals surface area contributed by atoms with E-state index < -0.39 is 0 Å². The summed E-state index contributed by atoms with van der Waals surface area (Å²) < 4.78 is 0. The Morgan fingerprint density at radius 3 is 2.07 bits per heavy atom. The molecule has 3 heteroatoms. The van der Waals surface area contributed by atoms with Crippen LogP contribution >= 0.6 is 11.6 Å². The second kappa shape index (κ2) is 6.29. The summed E-state index contributed by atoms with van der Waals surface area (Å²) in [5, 5.41) is 1.36. The predicted octanol–water partition coefficient (Wildman–Crippen LogP) is 6.78. The molecule has 0 N–H and O–H groups in total. The summed E-state index contributed by atoms with van der Waals surface area (Å²) in [5.74, 6) is 0. The van der Waals surface area contributed by atoms with Gasteiger partial charge in [0.15, 0.2) is 0 Å². The van der Waals surface area contributed by atoms with Crippen molar-refractivity contribution in [1.82, 2.24) is 9.97 Å². The first-order valence-electron chi connectivity index (χ1n) is 9.39. The van der Waals surface area contributed by atoms with Gasteiger partial charge in [0.2, 0.25) is 5.28 Å². The Kier molecular flexibility index (Phi) is 3.85. The first-order valence-corrected chi connectivity index (χ1v) is 9.77. The van der Waals surface area contributed by atoms with Gasteiger partial charge in [-0.2, -0.15) is 0 Å². The fraction of sp³-hybridized carbons (Fsp3) is 0.120. The molecule has 0 bridgehead atoms. The minimum Gasteiger partial charge on any atom is -0.218 e. The number of allylic oxidation sites excluding steroid dienone is 1. The molecule has 2 nitrogen and oxygen atoms in total. The predicted molar refractivity (Wildman–Crippen MR) is 117 cm³/mol. The molecule has 0 unspecified atom stereocenters. The fourth-order valence-electron chi connectivity index (χ4n) is 4.34. The summed E-state index contributed by atoms with van der Waals surface area (Å²) in [6.07, 6.45) is 2.30. The smallest absolute Gasteiger partial charge is 0.218 e. The Hall–Kier alpha value is -2.97. The molecule has 0 amide bonds. The van der Waals surface area contributed by atoms with Gasteiger partial charge in [0.25, 0.3) is 0 Å².